The van der Waals surface area contributed by atoms with Crippen LogP contribution >= 0.6 is 0 Å². The van der Waals surface area contributed by atoms with Crippen LogP contribution in [0.2, 0.25) is 0 Å². The van der Waals surface area contributed by atoms with Crippen molar-refractivity contribution < 1.29 is 4.39 Å². The van der Waals surface area contributed by atoms with E-state index in [4.69, 9.17) is 0 Å². The molecule has 0 amide bonds. The molecule has 0 N–H and O–H groups in total. The lowest BCUT2D eigenvalue weighted by molar-refractivity contribution is 0.525. The fourth-order valence-electron chi connectivity index (χ4n) is 1.28. The van der Waals surface area contributed by atoms with Gasteiger partial charge in [0.15, 0.2) is 6.17 Å². The molecule has 1 radical (unpaired) electrons. The lowest BCUT2D eigenvalue weighted by Crippen LogP contribution is -1.99. The zero-order chi connectivity index (χ0) is 7.68. The summed E-state index contributed by atoms with van der Waals surface area (Å²) in [7, 11) is 0. The summed E-state index contributed by atoms with van der Waals surface area (Å²) >= 11 is 0. The van der Waals surface area contributed by atoms with Gasteiger partial charge in [-0.05, 0) is 17.2 Å². The Bertz CT molecular complexity index is 289. The van der Waals surface area contributed by atoms with E-state index in [1.54, 1.807) is 0 Å². The van der Waals surface area contributed by atoms with Gasteiger partial charge in [-0.25, -0.2) is 4.39 Å². The molecule has 0 heterocycles. The lowest BCUT2D eigenvalue weighted by atomic mass is 9.97. The van der Waals surface area contributed by atoms with E-state index in [-0.39, 0.29) is 6.17 Å². The molecule has 1 aromatic carbocycles. The van der Waals surface area contributed by atoms with E-state index in [0.717, 1.165) is 11.1 Å². The van der Waals surface area contributed by atoms with E-state index >= 15 is 0 Å². The van der Waals surface area contributed by atoms with E-state index in [1.807, 2.05) is 30.3 Å². The Morgan fingerprint density at radius 2 is 1.91 bits per heavy atom. The highest BCUT2D eigenvalue weighted by Crippen LogP contribution is 2.24. The third kappa shape index (κ3) is 1.18. The molecule has 1 aromatic rings. The molecule has 11 heavy (non-hydrogen) atoms. The summed E-state index contributed by atoms with van der Waals surface area (Å²) in [6.07, 6.45) is 3.74. The molecular weight excluding hydrogens is 139 g/mol. The second kappa shape index (κ2) is 2.50. The van der Waals surface area contributed by atoms with Gasteiger partial charge in [0.2, 0.25) is 0 Å². The topological polar surface area (TPSA) is 0 Å². The van der Waals surface area contributed by atoms with Crippen molar-refractivity contribution in [2.24, 2.45) is 0 Å². The molecule has 0 spiro atoms. The first-order chi connectivity index (χ1) is 5.36. The molecule has 0 fully saturated rings. The van der Waals surface area contributed by atoms with Crippen LogP contribution in [0.15, 0.2) is 30.3 Å². The number of rotatable bonds is 0. The molecule has 0 aliphatic heterocycles. The van der Waals surface area contributed by atoms with Crippen LogP contribution in [0.4, 0.5) is 4.39 Å². The van der Waals surface area contributed by atoms with Gasteiger partial charge in [0, 0.05) is 6.42 Å². The minimum atomic E-state index is -0.0521. The van der Waals surface area contributed by atoms with Crippen molar-refractivity contribution in [2.75, 3.05) is 0 Å². The molecule has 0 saturated carbocycles. The Hall–Kier alpha value is -1.11. The summed E-state index contributed by atoms with van der Waals surface area (Å²) in [6, 6.07) is 7.86. The maximum absolute atomic E-state index is 12.7. The van der Waals surface area contributed by atoms with E-state index in [9.17, 15) is 4.39 Å². The molecule has 0 nitrogen and oxygen atoms in total. The van der Waals surface area contributed by atoms with Gasteiger partial charge in [-0.1, -0.05) is 30.3 Å². The number of hydrogen-bond donors (Lipinski definition) is 0. The average molecular weight is 147 g/mol. The van der Waals surface area contributed by atoms with Crippen molar-refractivity contribution in [2.45, 2.75) is 6.42 Å². The molecule has 1 heteroatoms. The van der Waals surface area contributed by atoms with Crippen molar-refractivity contribution in [3.63, 3.8) is 0 Å². The van der Waals surface area contributed by atoms with Gasteiger partial charge in [-0.2, -0.15) is 0 Å². The largest absolute Gasteiger partial charge is 0.235 e. The summed E-state index contributed by atoms with van der Waals surface area (Å²) in [6.45, 7) is 0. The molecule has 0 saturated heterocycles. The number of fused-ring (bicyclic) bond motifs is 1. The van der Waals surface area contributed by atoms with Crippen molar-refractivity contribution in [3.05, 3.63) is 47.6 Å². The Balaban J connectivity index is 2.46. The maximum atomic E-state index is 12.7. The van der Waals surface area contributed by atoms with E-state index < -0.39 is 0 Å². The number of benzene rings is 1. The maximum Gasteiger partial charge on any atom is 0.171 e. The molecule has 0 aromatic heterocycles. The van der Waals surface area contributed by atoms with Crippen LogP contribution in [0.3, 0.4) is 0 Å². The first kappa shape index (κ1) is 6.59. The second-order valence-corrected chi connectivity index (χ2v) is 2.66. The second-order valence-electron chi connectivity index (χ2n) is 2.66. The normalized spacial score (nSPS) is 16.5. The lowest BCUT2D eigenvalue weighted by Gasteiger charge is -2.11. The zero-order valence-corrected chi connectivity index (χ0v) is 6.05. The summed E-state index contributed by atoms with van der Waals surface area (Å²) in [5.41, 5.74) is 2.21. The van der Waals surface area contributed by atoms with Gasteiger partial charge < -0.3 is 0 Å². The molecule has 0 unspecified atom stereocenters. The monoisotopic (exact) mass is 147 g/mol. The van der Waals surface area contributed by atoms with Gasteiger partial charge in [-0.15, -0.1) is 0 Å². The van der Waals surface area contributed by atoms with E-state index in [0.29, 0.717) is 6.42 Å². The smallest absolute Gasteiger partial charge is 0.171 e. The van der Waals surface area contributed by atoms with Gasteiger partial charge >= 0.3 is 0 Å². The van der Waals surface area contributed by atoms with Crippen molar-refractivity contribution in [1.82, 2.24) is 0 Å². The molecule has 55 valence electrons. The zero-order valence-electron chi connectivity index (χ0n) is 6.05. The Labute approximate surface area is 65.4 Å². The quantitative estimate of drug-likeness (QED) is 0.529. The number of halogens is 1. The molecule has 2 rings (SSSR count). The summed E-state index contributed by atoms with van der Waals surface area (Å²) in [4.78, 5) is 0. The minimum Gasteiger partial charge on any atom is -0.235 e. The molecule has 1 aliphatic rings. The van der Waals surface area contributed by atoms with E-state index in [2.05, 4.69) is 0 Å². The number of hydrogen-bond acceptors (Lipinski definition) is 0. The summed E-state index contributed by atoms with van der Waals surface area (Å²) < 4.78 is 12.7. The van der Waals surface area contributed by atoms with Crippen molar-refractivity contribution >= 4 is 6.08 Å². The van der Waals surface area contributed by atoms with Crippen LogP contribution in [0, 0.1) is 6.17 Å². The third-order valence-electron chi connectivity index (χ3n) is 1.86. The van der Waals surface area contributed by atoms with Crippen LogP contribution in [0.5, 0.6) is 0 Å². The highest BCUT2D eigenvalue weighted by molar-refractivity contribution is 5.59. The van der Waals surface area contributed by atoms with Gasteiger partial charge in [0.05, 0.1) is 0 Å². The van der Waals surface area contributed by atoms with Gasteiger partial charge in [0.25, 0.3) is 0 Å². The van der Waals surface area contributed by atoms with Gasteiger partial charge in [0.1, 0.15) is 0 Å². The van der Waals surface area contributed by atoms with E-state index in [1.165, 1.54) is 6.08 Å². The average Bonchev–Trinajstić information content (AvgIpc) is 2.04. The van der Waals surface area contributed by atoms with Crippen molar-refractivity contribution in [3.8, 4) is 0 Å². The van der Waals surface area contributed by atoms with Crippen LogP contribution in [0.1, 0.15) is 11.1 Å². The Morgan fingerprint density at radius 1 is 1.09 bits per heavy atom. The highest BCUT2D eigenvalue weighted by Gasteiger charge is 2.11. The predicted octanol–water partition coefficient (Wildman–Crippen LogP) is 2.76. The summed E-state index contributed by atoms with van der Waals surface area (Å²) in [5, 5.41) is 0. The molecule has 1 aliphatic carbocycles. The Morgan fingerprint density at radius 3 is 2.82 bits per heavy atom. The van der Waals surface area contributed by atoms with Gasteiger partial charge in [-0.3, -0.25) is 0 Å². The van der Waals surface area contributed by atoms with Crippen LogP contribution in [0.25, 0.3) is 6.08 Å². The third-order valence-corrected chi connectivity index (χ3v) is 1.86. The Kier molecular flexibility index (Phi) is 1.50. The summed E-state index contributed by atoms with van der Waals surface area (Å²) in [5.74, 6) is 0. The first-order valence-corrected chi connectivity index (χ1v) is 3.63. The molecule has 0 bridgehead atoms. The van der Waals surface area contributed by atoms with Crippen LogP contribution in [-0.4, -0.2) is 0 Å². The predicted molar refractivity (Wildman–Crippen MR) is 43.5 cm³/mol. The fourth-order valence-corrected chi connectivity index (χ4v) is 1.28. The van der Waals surface area contributed by atoms with Crippen LogP contribution in [-0.2, 0) is 6.42 Å². The molecule has 0 atom stereocenters. The van der Waals surface area contributed by atoms with Crippen molar-refractivity contribution in [1.29, 1.82) is 0 Å². The highest BCUT2D eigenvalue weighted by atomic mass is 19.1. The number of allylic oxidation sites excluding steroid dienone is 1. The standard InChI is InChI=1S/C10H8F/c11-10-6-5-8-3-1-2-4-9(8)7-10/h1-6H,7H2. The SMILES string of the molecule is F[C]1C=Cc2ccccc2C1. The fraction of sp³-hybridized carbons (Fsp3) is 0.100. The minimum absolute atomic E-state index is 0.0521. The first-order valence-electron chi connectivity index (χ1n) is 3.63. The molecular formula is C10H8F. The van der Waals surface area contributed by atoms with Crippen LogP contribution < -0.4 is 0 Å².